The van der Waals surface area contributed by atoms with Gasteiger partial charge in [-0.05, 0) is 31.0 Å². The first-order valence-corrected chi connectivity index (χ1v) is 3.36. The van der Waals surface area contributed by atoms with Gasteiger partial charge in [-0.2, -0.15) is 5.26 Å². The van der Waals surface area contributed by atoms with Gasteiger partial charge >= 0.3 is 0 Å². The monoisotopic (exact) mass is 145 g/mol. The summed E-state index contributed by atoms with van der Waals surface area (Å²) in [6.45, 7) is 3.69. The third kappa shape index (κ3) is 1.32. The maximum atomic E-state index is 8.64. The molecule has 1 aromatic rings. The van der Waals surface area contributed by atoms with Crippen molar-refractivity contribution in [1.29, 1.82) is 5.26 Å². The van der Waals surface area contributed by atoms with Crippen LogP contribution in [0.4, 0.5) is 5.69 Å². The van der Waals surface area contributed by atoms with Crippen molar-refractivity contribution in [2.75, 3.05) is 5.73 Å². The topological polar surface area (TPSA) is 49.8 Å². The lowest BCUT2D eigenvalue weighted by atomic mass is 10.0. The van der Waals surface area contributed by atoms with E-state index in [-0.39, 0.29) is 0 Å². The second-order valence-electron chi connectivity index (χ2n) is 2.24. The molecule has 0 aliphatic rings. The molecule has 0 fully saturated rings. The Kier molecular flexibility index (Phi) is 2.12. The van der Waals surface area contributed by atoms with Gasteiger partial charge in [-0.3, -0.25) is 0 Å². The highest BCUT2D eigenvalue weighted by Gasteiger charge is 2.01. The van der Waals surface area contributed by atoms with Crippen LogP contribution in [0.25, 0.3) is 0 Å². The molecule has 1 rings (SSSR count). The van der Waals surface area contributed by atoms with Crippen molar-refractivity contribution in [2.45, 2.75) is 6.42 Å². The Bertz CT molecular complexity index is 297. The summed E-state index contributed by atoms with van der Waals surface area (Å²) in [7, 11) is 0. The van der Waals surface area contributed by atoms with Crippen LogP contribution in [0.2, 0.25) is 0 Å². The molecule has 0 atom stereocenters. The molecular weight excluding hydrogens is 136 g/mol. The maximum absolute atomic E-state index is 8.64. The van der Waals surface area contributed by atoms with Gasteiger partial charge < -0.3 is 5.73 Å². The summed E-state index contributed by atoms with van der Waals surface area (Å²) in [5.74, 6) is 0. The van der Waals surface area contributed by atoms with E-state index in [0.29, 0.717) is 17.7 Å². The molecule has 11 heavy (non-hydrogen) atoms. The standard InChI is InChI=1S/C9H9N2/c1-2-8-7(6-10)4-3-5-9(8)11/h3-5H,1-2,11H2. The van der Waals surface area contributed by atoms with E-state index in [4.69, 9.17) is 11.0 Å². The van der Waals surface area contributed by atoms with E-state index in [1.807, 2.05) is 0 Å². The first-order valence-electron chi connectivity index (χ1n) is 3.36. The van der Waals surface area contributed by atoms with Gasteiger partial charge in [-0.25, -0.2) is 0 Å². The highest BCUT2D eigenvalue weighted by molar-refractivity contribution is 5.55. The maximum Gasteiger partial charge on any atom is 0.0995 e. The summed E-state index contributed by atoms with van der Waals surface area (Å²) < 4.78 is 0. The van der Waals surface area contributed by atoms with E-state index in [9.17, 15) is 0 Å². The molecule has 0 bridgehead atoms. The second kappa shape index (κ2) is 3.07. The number of benzene rings is 1. The van der Waals surface area contributed by atoms with Gasteiger partial charge in [0.2, 0.25) is 0 Å². The van der Waals surface area contributed by atoms with Gasteiger partial charge in [0, 0.05) is 5.69 Å². The minimum absolute atomic E-state index is 0.565. The SMILES string of the molecule is [CH2]Cc1c(N)cccc1C#N. The van der Waals surface area contributed by atoms with Gasteiger partial charge in [-0.15, -0.1) is 0 Å². The van der Waals surface area contributed by atoms with Crippen molar-refractivity contribution >= 4 is 5.69 Å². The Labute approximate surface area is 66.3 Å². The van der Waals surface area contributed by atoms with E-state index >= 15 is 0 Å². The zero-order valence-electron chi connectivity index (χ0n) is 6.17. The highest BCUT2D eigenvalue weighted by atomic mass is 14.6. The minimum Gasteiger partial charge on any atom is -0.398 e. The fraction of sp³-hybridized carbons (Fsp3) is 0.111. The fourth-order valence-electron chi connectivity index (χ4n) is 0.988. The zero-order chi connectivity index (χ0) is 8.27. The molecule has 0 amide bonds. The van der Waals surface area contributed by atoms with Crippen molar-refractivity contribution in [2.24, 2.45) is 0 Å². The number of nitrogens with two attached hydrogens (primary N) is 1. The van der Waals surface area contributed by atoms with Crippen LogP contribution in [0.1, 0.15) is 11.1 Å². The number of hydrogen-bond donors (Lipinski definition) is 1. The lowest BCUT2D eigenvalue weighted by Gasteiger charge is -2.02. The second-order valence-corrected chi connectivity index (χ2v) is 2.24. The van der Waals surface area contributed by atoms with Crippen LogP contribution in [0.3, 0.4) is 0 Å². The van der Waals surface area contributed by atoms with E-state index < -0.39 is 0 Å². The highest BCUT2D eigenvalue weighted by Crippen LogP contribution is 2.15. The Morgan fingerprint density at radius 2 is 2.27 bits per heavy atom. The lowest BCUT2D eigenvalue weighted by Crippen LogP contribution is -1.95. The third-order valence-corrected chi connectivity index (χ3v) is 1.58. The lowest BCUT2D eigenvalue weighted by molar-refractivity contribution is 1.25. The van der Waals surface area contributed by atoms with E-state index in [0.717, 1.165) is 5.56 Å². The fourth-order valence-corrected chi connectivity index (χ4v) is 0.988. The molecule has 2 heteroatoms. The number of rotatable bonds is 1. The van der Waals surface area contributed by atoms with Crippen LogP contribution in [0.5, 0.6) is 0 Å². The first-order chi connectivity index (χ1) is 5.29. The number of nitrogens with zero attached hydrogens (tertiary/aromatic N) is 1. The summed E-state index contributed by atoms with van der Waals surface area (Å²) in [6, 6.07) is 7.36. The largest absolute Gasteiger partial charge is 0.398 e. The summed E-state index contributed by atoms with van der Waals surface area (Å²) in [5, 5.41) is 8.64. The number of nitriles is 1. The Hall–Kier alpha value is -1.49. The van der Waals surface area contributed by atoms with Crippen LogP contribution < -0.4 is 5.73 Å². The minimum atomic E-state index is 0.565. The van der Waals surface area contributed by atoms with Crippen molar-refractivity contribution < 1.29 is 0 Å². The summed E-state index contributed by atoms with van der Waals surface area (Å²) >= 11 is 0. The third-order valence-electron chi connectivity index (χ3n) is 1.58. The van der Waals surface area contributed by atoms with E-state index in [1.165, 1.54) is 0 Å². The quantitative estimate of drug-likeness (QED) is 0.609. The van der Waals surface area contributed by atoms with E-state index in [2.05, 4.69) is 13.0 Å². The summed E-state index contributed by atoms with van der Waals surface area (Å²) in [4.78, 5) is 0. The molecule has 0 aromatic heterocycles. The van der Waals surface area contributed by atoms with Gasteiger partial charge in [0.25, 0.3) is 0 Å². The molecule has 0 heterocycles. The molecule has 1 radical (unpaired) electrons. The predicted octanol–water partition coefficient (Wildman–Crippen LogP) is 1.52. The Morgan fingerprint density at radius 3 is 2.73 bits per heavy atom. The van der Waals surface area contributed by atoms with Gasteiger partial charge in [0.15, 0.2) is 0 Å². The Balaban J connectivity index is 3.27. The van der Waals surface area contributed by atoms with Crippen molar-refractivity contribution in [3.63, 3.8) is 0 Å². The number of hydrogen-bond acceptors (Lipinski definition) is 2. The average molecular weight is 145 g/mol. The first kappa shape index (κ1) is 7.62. The molecule has 0 saturated carbocycles. The van der Waals surface area contributed by atoms with Crippen molar-refractivity contribution in [3.8, 4) is 6.07 Å². The van der Waals surface area contributed by atoms with Crippen molar-refractivity contribution in [1.82, 2.24) is 0 Å². The molecule has 0 unspecified atom stereocenters. The van der Waals surface area contributed by atoms with Crippen LogP contribution in [0, 0.1) is 18.3 Å². The Morgan fingerprint density at radius 1 is 1.55 bits per heavy atom. The molecule has 0 aliphatic carbocycles. The van der Waals surface area contributed by atoms with Crippen molar-refractivity contribution in [3.05, 3.63) is 36.2 Å². The van der Waals surface area contributed by atoms with Crippen LogP contribution >= 0.6 is 0 Å². The molecule has 1 aromatic carbocycles. The normalized spacial score (nSPS) is 9.09. The molecule has 0 spiro atoms. The summed E-state index contributed by atoms with van der Waals surface area (Å²) in [6.07, 6.45) is 0.565. The molecule has 2 nitrogen and oxygen atoms in total. The zero-order valence-corrected chi connectivity index (χ0v) is 6.17. The number of anilines is 1. The van der Waals surface area contributed by atoms with Crippen LogP contribution in [0.15, 0.2) is 18.2 Å². The molecule has 0 aliphatic heterocycles. The van der Waals surface area contributed by atoms with Crippen LogP contribution in [-0.4, -0.2) is 0 Å². The molecular formula is C9H9N2. The summed E-state index contributed by atoms with van der Waals surface area (Å²) in [5.41, 5.74) is 7.74. The van der Waals surface area contributed by atoms with Gasteiger partial charge in [0.1, 0.15) is 0 Å². The average Bonchev–Trinajstić information content (AvgIpc) is 2.04. The van der Waals surface area contributed by atoms with Gasteiger partial charge in [-0.1, -0.05) is 6.07 Å². The molecule has 55 valence electrons. The predicted molar refractivity (Wildman–Crippen MR) is 44.6 cm³/mol. The van der Waals surface area contributed by atoms with Gasteiger partial charge in [0.05, 0.1) is 11.6 Å². The van der Waals surface area contributed by atoms with E-state index in [1.54, 1.807) is 18.2 Å². The smallest absolute Gasteiger partial charge is 0.0995 e. The van der Waals surface area contributed by atoms with Crippen LogP contribution in [-0.2, 0) is 6.42 Å². The molecule has 2 N–H and O–H groups in total. The molecule has 0 saturated heterocycles. The number of nitrogen functional groups attached to an aromatic ring is 1.